The molecular weight excluding hydrogens is 388 g/mol. The molecule has 0 aliphatic rings. The highest BCUT2D eigenvalue weighted by molar-refractivity contribution is 7.89. The van der Waals surface area contributed by atoms with E-state index in [1.807, 2.05) is 52.0 Å². The summed E-state index contributed by atoms with van der Waals surface area (Å²) < 4.78 is 32.5. The van der Waals surface area contributed by atoms with E-state index in [-0.39, 0.29) is 17.2 Å². The van der Waals surface area contributed by atoms with Crippen molar-refractivity contribution in [2.45, 2.75) is 45.4 Å². The number of carbonyl (C=O) groups is 1. The molecule has 7 heteroatoms. The zero-order valence-electron chi connectivity index (χ0n) is 17.8. The van der Waals surface area contributed by atoms with Crippen LogP contribution < -0.4 is 10.1 Å². The fraction of sp³-hybridized carbons (Fsp3) is 0.409. The lowest BCUT2D eigenvalue weighted by molar-refractivity contribution is -0.116. The summed E-state index contributed by atoms with van der Waals surface area (Å²) in [6.45, 7) is 8.13. The van der Waals surface area contributed by atoms with E-state index >= 15 is 0 Å². The van der Waals surface area contributed by atoms with Gasteiger partial charge in [0, 0.05) is 25.2 Å². The van der Waals surface area contributed by atoms with E-state index in [2.05, 4.69) is 5.32 Å². The number of rotatable bonds is 9. The first-order chi connectivity index (χ1) is 13.7. The van der Waals surface area contributed by atoms with Gasteiger partial charge in [0.1, 0.15) is 5.75 Å². The summed E-state index contributed by atoms with van der Waals surface area (Å²) in [5.74, 6) is 0.579. The fourth-order valence-electron chi connectivity index (χ4n) is 3.19. The summed E-state index contributed by atoms with van der Waals surface area (Å²) in [4.78, 5) is 12.7. The number of amides is 1. The molecule has 0 radical (unpaired) electrons. The number of para-hydroxylation sites is 1. The number of aryl methyl sites for hydroxylation is 2. The molecule has 2 rings (SSSR count). The van der Waals surface area contributed by atoms with E-state index in [9.17, 15) is 13.2 Å². The van der Waals surface area contributed by atoms with Crippen molar-refractivity contribution in [3.05, 3.63) is 53.1 Å². The third-order valence-electron chi connectivity index (χ3n) is 5.07. The summed E-state index contributed by atoms with van der Waals surface area (Å²) >= 11 is 0. The first-order valence-electron chi connectivity index (χ1n) is 9.77. The molecule has 158 valence electrons. The molecular formula is C22H30N2O4S. The zero-order chi connectivity index (χ0) is 21.6. The van der Waals surface area contributed by atoms with Crippen LogP contribution in [0.5, 0.6) is 5.75 Å². The molecule has 1 amide bonds. The van der Waals surface area contributed by atoms with E-state index in [1.165, 1.54) is 4.31 Å². The number of hydrogen-bond acceptors (Lipinski definition) is 4. The molecule has 29 heavy (non-hydrogen) atoms. The van der Waals surface area contributed by atoms with Crippen LogP contribution in [0.1, 0.15) is 37.0 Å². The Morgan fingerprint density at radius 3 is 2.38 bits per heavy atom. The van der Waals surface area contributed by atoms with Crippen molar-refractivity contribution in [3.63, 3.8) is 0 Å². The van der Waals surface area contributed by atoms with E-state index in [0.29, 0.717) is 25.2 Å². The lowest BCUT2D eigenvalue weighted by Crippen LogP contribution is -2.30. The number of methoxy groups -OCH3 is 1. The molecule has 0 aliphatic carbocycles. The Morgan fingerprint density at radius 1 is 1.10 bits per heavy atom. The fourth-order valence-corrected chi connectivity index (χ4v) is 4.76. The molecule has 0 aliphatic heterocycles. The van der Waals surface area contributed by atoms with Crippen molar-refractivity contribution in [2.24, 2.45) is 0 Å². The average molecular weight is 419 g/mol. The van der Waals surface area contributed by atoms with Gasteiger partial charge in [-0.15, -0.1) is 0 Å². The van der Waals surface area contributed by atoms with Crippen molar-refractivity contribution >= 4 is 21.6 Å². The third kappa shape index (κ3) is 5.36. The maximum atomic E-state index is 12.9. The van der Waals surface area contributed by atoms with Crippen LogP contribution in [0.25, 0.3) is 0 Å². The molecule has 0 unspecified atom stereocenters. The Labute approximate surface area is 173 Å². The van der Waals surface area contributed by atoms with Crippen LogP contribution in [0.4, 0.5) is 5.69 Å². The van der Waals surface area contributed by atoms with Crippen LogP contribution >= 0.6 is 0 Å². The van der Waals surface area contributed by atoms with Gasteiger partial charge in [-0.1, -0.05) is 32.0 Å². The van der Waals surface area contributed by atoms with Crippen molar-refractivity contribution in [3.8, 4) is 5.75 Å². The standard InChI is InChI=1S/C22H30N2O4S/c1-6-24(7-2)29(26,27)19-14-16(3)17(4)20(15-19)23-22(25)13-12-18-10-8-9-11-21(18)28-5/h8-11,14-15H,6-7,12-13H2,1-5H3,(H,23,25). The smallest absolute Gasteiger partial charge is 0.243 e. The van der Waals surface area contributed by atoms with Gasteiger partial charge < -0.3 is 10.1 Å². The molecule has 0 bridgehead atoms. The van der Waals surface area contributed by atoms with Crippen molar-refractivity contribution in [2.75, 3.05) is 25.5 Å². The normalized spacial score (nSPS) is 11.5. The summed E-state index contributed by atoms with van der Waals surface area (Å²) in [6, 6.07) is 10.8. The number of nitrogens with zero attached hydrogens (tertiary/aromatic N) is 1. The minimum absolute atomic E-state index is 0.171. The number of sulfonamides is 1. The van der Waals surface area contributed by atoms with Gasteiger partial charge in [0.15, 0.2) is 0 Å². The first kappa shape index (κ1) is 22.9. The third-order valence-corrected chi connectivity index (χ3v) is 7.10. The maximum absolute atomic E-state index is 12.9. The van der Waals surface area contributed by atoms with Gasteiger partial charge >= 0.3 is 0 Å². The van der Waals surface area contributed by atoms with Crippen LogP contribution in [-0.4, -0.2) is 38.8 Å². The van der Waals surface area contributed by atoms with E-state index in [1.54, 1.807) is 19.2 Å². The Hall–Kier alpha value is -2.38. The summed E-state index contributed by atoms with van der Waals surface area (Å²) in [7, 11) is -1.99. The van der Waals surface area contributed by atoms with Gasteiger partial charge in [-0.2, -0.15) is 4.31 Å². The topological polar surface area (TPSA) is 75.7 Å². The summed E-state index contributed by atoms with van der Waals surface area (Å²) in [5.41, 5.74) is 3.16. The van der Waals surface area contributed by atoms with Gasteiger partial charge in [-0.3, -0.25) is 4.79 Å². The Morgan fingerprint density at radius 2 is 1.76 bits per heavy atom. The monoisotopic (exact) mass is 418 g/mol. The lowest BCUT2D eigenvalue weighted by atomic mass is 10.1. The number of nitrogens with one attached hydrogen (secondary N) is 1. The minimum Gasteiger partial charge on any atom is -0.496 e. The molecule has 2 aromatic rings. The molecule has 0 spiro atoms. The molecule has 0 heterocycles. The quantitative estimate of drug-likeness (QED) is 0.670. The summed E-state index contributed by atoms with van der Waals surface area (Å²) in [6.07, 6.45) is 0.803. The summed E-state index contributed by atoms with van der Waals surface area (Å²) in [5, 5.41) is 2.88. The molecule has 0 fully saturated rings. The molecule has 0 saturated carbocycles. The number of hydrogen-bond donors (Lipinski definition) is 1. The van der Waals surface area contributed by atoms with Crippen molar-refractivity contribution < 1.29 is 17.9 Å². The van der Waals surface area contributed by atoms with Crippen LogP contribution in [0, 0.1) is 13.8 Å². The average Bonchev–Trinajstić information content (AvgIpc) is 2.70. The largest absolute Gasteiger partial charge is 0.496 e. The lowest BCUT2D eigenvalue weighted by Gasteiger charge is -2.20. The predicted octanol–water partition coefficient (Wildman–Crippen LogP) is 3.91. The number of benzene rings is 2. The van der Waals surface area contributed by atoms with E-state index in [4.69, 9.17) is 4.74 Å². The second kappa shape index (κ2) is 9.89. The van der Waals surface area contributed by atoms with Crippen molar-refractivity contribution in [1.29, 1.82) is 0 Å². The Kier molecular flexibility index (Phi) is 7.81. The maximum Gasteiger partial charge on any atom is 0.243 e. The first-order valence-corrected chi connectivity index (χ1v) is 11.2. The molecule has 0 atom stereocenters. The van der Waals surface area contributed by atoms with E-state index in [0.717, 1.165) is 22.4 Å². The number of anilines is 1. The van der Waals surface area contributed by atoms with Gasteiger partial charge in [0.2, 0.25) is 15.9 Å². The van der Waals surface area contributed by atoms with Crippen LogP contribution in [-0.2, 0) is 21.2 Å². The van der Waals surface area contributed by atoms with Gasteiger partial charge in [-0.05, 0) is 55.2 Å². The Bertz CT molecular complexity index is 967. The minimum atomic E-state index is -3.60. The second-order valence-corrected chi connectivity index (χ2v) is 8.80. The molecule has 0 saturated heterocycles. The predicted molar refractivity (Wildman–Crippen MR) is 116 cm³/mol. The van der Waals surface area contributed by atoms with E-state index < -0.39 is 10.0 Å². The Balaban J connectivity index is 2.22. The molecule has 1 N–H and O–H groups in total. The van der Waals surface area contributed by atoms with Crippen LogP contribution in [0.15, 0.2) is 41.3 Å². The molecule has 0 aromatic heterocycles. The second-order valence-electron chi connectivity index (χ2n) is 6.86. The number of carbonyl (C=O) groups excluding carboxylic acids is 1. The van der Waals surface area contributed by atoms with Crippen LogP contribution in [0.3, 0.4) is 0 Å². The molecule has 2 aromatic carbocycles. The highest BCUT2D eigenvalue weighted by Gasteiger charge is 2.23. The van der Waals surface area contributed by atoms with Gasteiger partial charge in [-0.25, -0.2) is 8.42 Å². The SMILES string of the molecule is CCN(CC)S(=O)(=O)c1cc(C)c(C)c(NC(=O)CCc2ccccc2OC)c1. The van der Waals surface area contributed by atoms with Crippen molar-refractivity contribution in [1.82, 2.24) is 4.31 Å². The van der Waals surface area contributed by atoms with Crippen LogP contribution in [0.2, 0.25) is 0 Å². The van der Waals surface area contributed by atoms with Gasteiger partial charge in [0.25, 0.3) is 0 Å². The molecule has 6 nitrogen and oxygen atoms in total. The van der Waals surface area contributed by atoms with Gasteiger partial charge in [0.05, 0.1) is 12.0 Å². The highest BCUT2D eigenvalue weighted by atomic mass is 32.2. The number of ether oxygens (including phenoxy) is 1. The zero-order valence-corrected chi connectivity index (χ0v) is 18.6. The highest BCUT2D eigenvalue weighted by Crippen LogP contribution is 2.27.